The zero-order valence-electron chi connectivity index (χ0n) is 11.5. The molecule has 20 heavy (non-hydrogen) atoms. The SMILES string of the molecule is COCCOCCCNS(=O)(=O)c1cnn(CCO)c1. The van der Waals surface area contributed by atoms with Crippen molar-refractivity contribution in [2.45, 2.75) is 17.9 Å². The minimum Gasteiger partial charge on any atom is -0.394 e. The average Bonchev–Trinajstić information content (AvgIpc) is 2.88. The molecule has 0 fully saturated rings. The van der Waals surface area contributed by atoms with Gasteiger partial charge in [0.1, 0.15) is 4.90 Å². The second-order valence-electron chi connectivity index (χ2n) is 4.02. The van der Waals surface area contributed by atoms with Crippen molar-refractivity contribution in [3.63, 3.8) is 0 Å². The van der Waals surface area contributed by atoms with Crippen molar-refractivity contribution in [3.8, 4) is 0 Å². The Kier molecular flexibility index (Phi) is 7.70. The first-order valence-electron chi connectivity index (χ1n) is 6.30. The van der Waals surface area contributed by atoms with Gasteiger partial charge in [0, 0.05) is 26.5 Å². The van der Waals surface area contributed by atoms with E-state index in [0.29, 0.717) is 32.8 Å². The number of ether oxygens (including phenoxy) is 2. The number of hydrogen-bond acceptors (Lipinski definition) is 6. The van der Waals surface area contributed by atoms with Crippen molar-refractivity contribution >= 4 is 10.0 Å². The summed E-state index contributed by atoms with van der Waals surface area (Å²) in [5.41, 5.74) is 0. The molecule has 0 aliphatic heterocycles. The zero-order chi connectivity index (χ0) is 14.8. The van der Waals surface area contributed by atoms with Gasteiger partial charge in [-0.1, -0.05) is 0 Å². The number of aromatic nitrogens is 2. The molecule has 1 aromatic heterocycles. The number of methoxy groups -OCH3 is 1. The number of sulfonamides is 1. The molecule has 0 radical (unpaired) electrons. The van der Waals surface area contributed by atoms with Crippen LogP contribution in [0.2, 0.25) is 0 Å². The maximum absolute atomic E-state index is 11.9. The Morgan fingerprint density at radius 2 is 2.20 bits per heavy atom. The summed E-state index contributed by atoms with van der Waals surface area (Å²) in [6.07, 6.45) is 3.22. The smallest absolute Gasteiger partial charge is 0.243 e. The molecule has 1 aromatic rings. The van der Waals surface area contributed by atoms with Gasteiger partial charge in [-0.2, -0.15) is 5.10 Å². The Morgan fingerprint density at radius 1 is 1.40 bits per heavy atom. The van der Waals surface area contributed by atoms with E-state index in [0.717, 1.165) is 0 Å². The highest BCUT2D eigenvalue weighted by atomic mass is 32.2. The molecule has 0 aliphatic carbocycles. The van der Waals surface area contributed by atoms with Crippen LogP contribution in [-0.2, 0) is 26.0 Å². The first kappa shape index (κ1) is 17.1. The van der Waals surface area contributed by atoms with Gasteiger partial charge in [0.05, 0.1) is 32.6 Å². The number of aliphatic hydroxyl groups is 1. The second-order valence-corrected chi connectivity index (χ2v) is 5.79. The summed E-state index contributed by atoms with van der Waals surface area (Å²) in [7, 11) is -1.96. The van der Waals surface area contributed by atoms with E-state index in [-0.39, 0.29) is 18.0 Å². The molecule has 0 unspecified atom stereocenters. The van der Waals surface area contributed by atoms with Gasteiger partial charge >= 0.3 is 0 Å². The lowest BCUT2D eigenvalue weighted by Gasteiger charge is -2.05. The normalized spacial score (nSPS) is 11.9. The fraction of sp³-hybridized carbons (Fsp3) is 0.727. The van der Waals surface area contributed by atoms with Crippen molar-refractivity contribution in [2.75, 3.05) is 40.1 Å². The highest BCUT2D eigenvalue weighted by Gasteiger charge is 2.15. The first-order valence-corrected chi connectivity index (χ1v) is 7.78. The summed E-state index contributed by atoms with van der Waals surface area (Å²) in [5, 5.41) is 12.6. The van der Waals surface area contributed by atoms with E-state index in [1.165, 1.54) is 17.1 Å². The average molecular weight is 307 g/mol. The Morgan fingerprint density at radius 3 is 2.90 bits per heavy atom. The minimum atomic E-state index is -3.55. The second kappa shape index (κ2) is 9.03. The van der Waals surface area contributed by atoms with Gasteiger partial charge in [0.25, 0.3) is 0 Å². The number of nitrogens with zero attached hydrogens (tertiary/aromatic N) is 2. The van der Waals surface area contributed by atoms with Gasteiger partial charge < -0.3 is 14.6 Å². The highest BCUT2D eigenvalue weighted by Crippen LogP contribution is 2.06. The molecule has 0 spiro atoms. The van der Waals surface area contributed by atoms with Crippen LogP contribution in [0.3, 0.4) is 0 Å². The molecular formula is C11H21N3O5S. The molecule has 9 heteroatoms. The van der Waals surface area contributed by atoms with Crippen LogP contribution in [0.15, 0.2) is 17.3 Å². The van der Waals surface area contributed by atoms with Gasteiger partial charge in [-0.25, -0.2) is 13.1 Å². The van der Waals surface area contributed by atoms with E-state index in [4.69, 9.17) is 14.6 Å². The lowest BCUT2D eigenvalue weighted by Crippen LogP contribution is -2.25. The minimum absolute atomic E-state index is 0.0891. The van der Waals surface area contributed by atoms with Gasteiger partial charge in [0.2, 0.25) is 10.0 Å². The van der Waals surface area contributed by atoms with E-state index >= 15 is 0 Å². The van der Waals surface area contributed by atoms with Crippen LogP contribution in [0.1, 0.15) is 6.42 Å². The van der Waals surface area contributed by atoms with Crippen molar-refractivity contribution in [2.24, 2.45) is 0 Å². The van der Waals surface area contributed by atoms with Crippen LogP contribution < -0.4 is 4.72 Å². The van der Waals surface area contributed by atoms with Gasteiger partial charge in [0.15, 0.2) is 0 Å². The highest BCUT2D eigenvalue weighted by molar-refractivity contribution is 7.89. The molecule has 0 aromatic carbocycles. The van der Waals surface area contributed by atoms with Crippen LogP contribution >= 0.6 is 0 Å². The fourth-order valence-corrected chi connectivity index (χ4v) is 2.44. The largest absolute Gasteiger partial charge is 0.394 e. The van der Waals surface area contributed by atoms with E-state index < -0.39 is 10.0 Å². The Balaban J connectivity index is 2.30. The molecule has 0 aliphatic rings. The van der Waals surface area contributed by atoms with Crippen LogP contribution in [-0.4, -0.2) is 63.4 Å². The third-order valence-electron chi connectivity index (χ3n) is 2.44. The van der Waals surface area contributed by atoms with Crippen LogP contribution in [0, 0.1) is 0 Å². The van der Waals surface area contributed by atoms with Crippen LogP contribution in [0.25, 0.3) is 0 Å². The number of hydrogen-bond donors (Lipinski definition) is 2. The molecule has 0 saturated heterocycles. The molecule has 1 rings (SSSR count). The topological polar surface area (TPSA) is 103 Å². The quantitative estimate of drug-likeness (QED) is 0.519. The van der Waals surface area contributed by atoms with E-state index in [9.17, 15) is 8.42 Å². The lowest BCUT2D eigenvalue weighted by molar-refractivity contribution is 0.0699. The molecular weight excluding hydrogens is 286 g/mol. The van der Waals surface area contributed by atoms with E-state index in [1.54, 1.807) is 7.11 Å². The summed E-state index contributed by atoms with van der Waals surface area (Å²) in [6.45, 7) is 1.96. The molecule has 1 heterocycles. The summed E-state index contributed by atoms with van der Waals surface area (Å²) in [4.78, 5) is 0.0891. The summed E-state index contributed by atoms with van der Waals surface area (Å²) >= 11 is 0. The van der Waals surface area contributed by atoms with Crippen LogP contribution in [0.4, 0.5) is 0 Å². The van der Waals surface area contributed by atoms with Gasteiger partial charge in [-0.05, 0) is 6.42 Å². The molecule has 0 saturated carbocycles. The van der Waals surface area contributed by atoms with E-state index in [1.807, 2.05) is 0 Å². The van der Waals surface area contributed by atoms with Crippen molar-refractivity contribution in [1.82, 2.24) is 14.5 Å². The predicted molar refractivity (Wildman–Crippen MR) is 71.8 cm³/mol. The standard InChI is InChI=1S/C11H21N3O5S/c1-18-7-8-19-6-2-3-13-20(16,17)11-9-12-14(10-11)4-5-15/h9-10,13,15H,2-8H2,1H3. The van der Waals surface area contributed by atoms with Crippen molar-refractivity contribution < 1.29 is 23.0 Å². The monoisotopic (exact) mass is 307 g/mol. The number of rotatable bonds is 11. The molecule has 0 atom stereocenters. The summed E-state index contributed by atoms with van der Waals surface area (Å²) < 4.78 is 37.7. The summed E-state index contributed by atoms with van der Waals surface area (Å²) in [6, 6.07) is 0. The van der Waals surface area contributed by atoms with Gasteiger partial charge in [-0.15, -0.1) is 0 Å². The van der Waals surface area contributed by atoms with E-state index in [2.05, 4.69) is 9.82 Å². The first-order chi connectivity index (χ1) is 9.60. The maximum atomic E-state index is 11.9. The fourth-order valence-electron chi connectivity index (χ4n) is 1.42. The van der Waals surface area contributed by atoms with Gasteiger partial charge in [-0.3, -0.25) is 4.68 Å². The third-order valence-corrected chi connectivity index (χ3v) is 3.85. The number of nitrogens with one attached hydrogen (secondary N) is 1. The van der Waals surface area contributed by atoms with Crippen molar-refractivity contribution in [3.05, 3.63) is 12.4 Å². The molecule has 0 amide bonds. The third kappa shape index (κ3) is 5.97. The molecule has 0 bridgehead atoms. The van der Waals surface area contributed by atoms with Crippen molar-refractivity contribution in [1.29, 1.82) is 0 Å². The predicted octanol–water partition coefficient (Wildman–Crippen LogP) is -0.793. The number of aliphatic hydroxyl groups excluding tert-OH is 1. The maximum Gasteiger partial charge on any atom is 0.243 e. The molecule has 2 N–H and O–H groups in total. The summed E-state index contributed by atoms with van der Waals surface area (Å²) in [5.74, 6) is 0. The Hall–Kier alpha value is -1.00. The molecule has 8 nitrogen and oxygen atoms in total. The Bertz CT molecular complexity index is 474. The molecule has 116 valence electrons. The Labute approximate surface area is 118 Å². The zero-order valence-corrected chi connectivity index (χ0v) is 12.3. The van der Waals surface area contributed by atoms with Crippen LogP contribution in [0.5, 0.6) is 0 Å². The lowest BCUT2D eigenvalue weighted by atomic mass is 10.5.